The van der Waals surface area contributed by atoms with Gasteiger partial charge in [-0.2, -0.15) is 13.2 Å². The predicted molar refractivity (Wildman–Crippen MR) is 75.8 cm³/mol. The first-order valence-corrected chi connectivity index (χ1v) is 6.93. The molecule has 0 aliphatic carbocycles. The highest BCUT2D eigenvalue weighted by atomic mass is 32.1. The van der Waals surface area contributed by atoms with Crippen LogP contribution < -0.4 is 10.6 Å². The van der Waals surface area contributed by atoms with Crippen molar-refractivity contribution in [2.75, 3.05) is 11.9 Å². The minimum Gasteiger partial charge on any atom is -0.369 e. The van der Waals surface area contributed by atoms with E-state index in [9.17, 15) is 13.2 Å². The van der Waals surface area contributed by atoms with Crippen LogP contribution in [0.4, 0.5) is 18.9 Å². The third-order valence-electron chi connectivity index (χ3n) is 3.03. The second kappa shape index (κ2) is 5.85. The molecule has 20 heavy (non-hydrogen) atoms. The molecule has 0 spiro atoms. The molecular formula is C14H15F3N2S. The van der Waals surface area contributed by atoms with E-state index in [0.29, 0.717) is 6.54 Å². The first-order chi connectivity index (χ1) is 9.41. The minimum atomic E-state index is -4.36. The van der Waals surface area contributed by atoms with Crippen molar-refractivity contribution in [2.24, 2.45) is 5.73 Å². The summed E-state index contributed by atoms with van der Waals surface area (Å²) in [6, 6.07) is 8.04. The van der Waals surface area contributed by atoms with Gasteiger partial charge in [0, 0.05) is 24.2 Å². The molecule has 6 heteroatoms. The molecule has 108 valence electrons. The van der Waals surface area contributed by atoms with Crippen LogP contribution in [0, 0.1) is 0 Å². The molecule has 2 aromatic rings. The number of rotatable bonds is 4. The van der Waals surface area contributed by atoms with E-state index in [-0.39, 0.29) is 12.1 Å². The van der Waals surface area contributed by atoms with Crippen LogP contribution in [0.1, 0.15) is 16.0 Å². The van der Waals surface area contributed by atoms with Crippen LogP contribution >= 0.6 is 11.3 Å². The van der Waals surface area contributed by atoms with E-state index >= 15 is 0 Å². The third kappa shape index (κ3) is 3.32. The van der Waals surface area contributed by atoms with Gasteiger partial charge in [-0.05, 0) is 35.2 Å². The summed E-state index contributed by atoms with van der Waals surface area (Å²) in [5.41, 5.74) is 5.62. The highest BCUT2D eigenvalue weighted by Crippen LogP contribution is 2.34. The summed E-state index contributed by atoms with van der Waals surface area (Å²) in [4.78, 5) is 3.06. The number of nitrogens with zero attached hydrogens (tertiary/aromatic N) is 1. The zero-order valence-corrected chi connectivity index (χ0v) is 11.8. The van der Waals surface area contributed by atoms with Crippen molar-refractivity contribution >= 4 is 17.0 Å². The van der Waals surface area contributed by atoms with E-state index in [0.717, 1.165) is 16.6 Å². The Morgan fingerprint density at radius 2 is 2.00 bits per heavy atom. The Morgan fingerprint density at radius 3 is 2.55 bits per heavy atom. The molecule has 1 heterocycles. The smallest absolute Gasteiger partial charge is 0.369 e. The largest absolute Gasteiger partial charge is 0.416 e. The van der Waals surface area contributed by atoms with Gasteiger partial charge in [0.25, 0.3) is 0 Å². The maximum Gasteiger partial charge on any atom is 0.416 e. The van der Waals surface area contributed by atoms with Crippen LogP contribution in [0.2, 0.25) is 0 Å². The molecule has 0 fully saturated rings. The highest BCUT2D eigenvalue weighted by molar-refractivity contribution is 7.09. The number of thiophene rings is 1. The SMILES string of the molecule is CN(Cc1cccs1)c1ccc(C(F)(F)F)c(CN)c1. The minimum absolute atomic E-state index is 0.119. The van der Waals surface area contributed by atoms with Crippen molar-refractivity contribution in [3.8, 4) is 0 Å². The molecule has 0 aliphatic rings. The van der Waals surface area contributed by atoms with Crippen molar-refractivity contribution in [1.29, 1.82) is 0 Å². The molecule has 0 saturated heterocycles. The Kier molecular flexibility index (Phi) is 4.35. The van der Waals surface area contributed by atoms with Gasteiger partial charge in [0.05, 0.1) is 12.1 Å². The van der Waals surface area contributed by atoms with Gasteiger partial charge < -0.3 is 10.6 Å². The lowest BCUT2D eigenvalue weighted by molar-refractivity contribution is -0.138. The van der Waals surface area contributed by atoms with Crippen LogP contribution in [0.15, 0.2) is 35.7 Å². The summed E-state index contributed by atoms with van der Waals surface area (Å²) in [5, 5.41) is 1.97. The number of anilines is 1. The fourth-order valence-electron chi connectivity index (χ4n) is 1.99. The molecular weight excluding hydrogens is 285 g/mol. The first-order valence-electron chi connectivity index (χ1n) is 6.05. The normalized spacial score (nSPS) is 11.7. The van der Waals surface area contributed by atoms with Gasteiger partial charge in [0.15, 0.2) is 0 Å². The average molecular weight is 300 g/mol. The molecule has 1 aromatic carbocycles. The molecule has 2 N–H and O–H groups in total. The van der Waals surface area contributed by atoms with Gasteiger partial charge in [-0.15, -0.1) is 11.3 Å². The fraction of sp³-hybridized carbons (Fsp3) is 0.286. The quantitative estimate of drug-likeness (QED) is 0.929. The molecule has 0 saturated carbocycles. The van der Waals surface area contributed by atoms with Gasteiger partial charge in [0.2, 0.25) is 0 Å². The summed E-state index contributed by atoms with van der Waals surface area (Å²) < 4.78 is 38.4. The lowest BCUT2D eigenvalue weighted by Crippen LogP contribution is -2.18. The Labute approximate surface area is 119 Å². The number of benzene rings is 1. The fourth-order valence-corrected chi connectivity index (χ4v) is 2.75. The zero-order valence-electron chi connectivity index (χ0n) is 10.9. The summed E-state index contributed by atoms with van der Waals surface area (Å²) >= 11 is 1.62. The average Bonchev–Trinajstić information content (AvgIpc) is 2.89. The predicted octanol–water partition coefficient (Wildman–Crippen LogP) is 3.86. The molecule has 0 unspecified atom stereocenters. The maximum absolute atomic E-state index is 12.8. The lowest BCUT2D eigenvalue weighted by atomic mass is 10.1. The van der Waals surface area contributed by atoms with Crippen LogP contribution in [-0.4, -0.2) is 7.05 Å². The third-order valence-corrected chi connectivity index (χ3v) is 3.89. The topological polar surface area (TPSA) is 29.3 Å². The van der Waals surface area contributed by atoms with Gasteiger partial charge >= 0.3 is 6.18 Å². The van der Waals surface area contributed by atoms with E-state index < -0.39 is 11.7 Å². The monoisotopic (exact) mass is 300 g/mol. The van der Waals surface area contributed by atoms with E-state index in [2.05, 4.69) is 0 Å². The molecule has 0 bridgehead atoms. The number of alkyl halides is 3. The van der Waals surface area contributed by atoms with Crippen LogP contribution in [0.25, 0.3) is 0 Å². The van der Waals surface area contributed by atoms with Crippen molar-refractivity contribution in [2.45, 2.75) is 19.3 Å². The van der Waals surface area contributed by atoms with Crippen molar-refractivity contribution in [3.63, 3.8) is 0 Å². The van der Waals surface area contributed by atoms with Crippen LogP contribution in [0.3, 0.4) is 0 Å². The van der Waals surface area contributed by atoms with Crippen molar-refractivity contribution in [1.82, 2.24) is 0 Å². The van der Waals surface area contributed by atoms with E-state index in [1.165, 1.54) is 12.1 Å². The summed E-state index contributed by atoms with van der Waals surface area (Å²) in [7, 11) is 1.85. The number of hydrogen-bond donors (Lipinski definition) is 1. The number of hydrogen-bond acceptors (Lipinski definition) is 3. The van der Waals surface area contributed by atoms with E-state index in [1.54, 1.807) is 11.3 Å². The Balaban J connectivity index is 2.25. The Morgan fingerprint density at radius 1 is 1.25 bits per heavy atom. The van der Waals surface area contributed by atoms with Crippen LogP contribution in [0.5, 0.6) is 0 Å². The summed E-state index contributed by atoms with van der Waals surface area (Å²) in [5.74, 6) is 0. The molecule has 0 aliphatic heterocycles. The number of nitrogens with two attached hydrogens (primary N) is 1. The number of halogens is 3. The highest BCUT2D eigenvalue weighted by Gasteiger charge is 2.33. The molecule has 0 amide bonds. The second-order valence-corrected chi connectivity index (χ2v) is 5.51. The Hall–Kier alpha value is -1.53. The first kappa shape index (κ1) is 14.9. The van der Waals surface area contributed by atoms with E-state index in [1.807, 2.05) is 29.5 Å². The van der Waals surface area contributed by atoms with E-state index in [4.69, 9.17) is 5.73 Å². The molecule has 0 atom stereocenters. The molecule has 2 nitrogen and oxygen atoms in total. The lowest BCUT2D eigenvalue weighted by Gasteiger charge is -2.21. The van der Waals surface area contributed by atoms with Gasteiger partial charge in [-0.1, -0.05) is 6.07 Å². The van der Waals surface area contributed by atoms with Crippen LogP contribution in [-0.2, 0) is 19.3 Å². The molecule has 0 radical (unpaired) electrons. The second-order valence-electron chi connectivity index (χ2n) is 4.48. The Bertz CT molecular complexity index is 564. The summed E-state index contributed by atoms with van der Waals surface area (Å²) in [6.45, 7) is 0.530. The van der Waals surface area contributed by atoms with Gasteiger partial charge in [-0.25, -0.2) is 0 Å². The molecule has 1 aromatic heterocycles. The van der Waals surface area contributed by atoms with Gasteiger partial charge in [-0.3, -0.25) is 0 Å². The van der Waals surface area contributed by atoms with Gasteiger partial charge in [0.1, 0.15) is 0 Å². The van der Waals surface area contributed by atoms with Crippen molar-refractivity contribution < 1.29 is 13.2 Å². The standard InChI is InChI=1S/C14H15F3N2S/c1-19(9-12-3-2-6-20-12)11-4-5-13(14(15,16)17)10(7-11)8-18/h2-7H,8-9,18H2,1H3. The molecule has 2 rings (SSSR count). The van der Waals surface area contributed by atoms with Crippen molar-refractivity contribution in [3.05, 3.63) is 51.7 Å². The maximum atomic E-state index is 12.8. The summed E-state index contributed by atoms with van der Waals surface area (Å²) in [6.07, 6.45) is -4.36. The zero-order chi connectivity index (χ0) is 14.8.